The summed E-state index contributed by atoms with van der Waals surface area (Å²) in [6.45, 7) is 2.88. The highest BCUT2D eigenvalue weighted by molar-refractivity contribution is 7.80. The van der Waals surface area contributed by atoms with E-state index in [1.165, 1.54) is 38.3 Å². The number of ether oxygens (including phenoxy) is 2. The van der Waals surface area contributed by atoms with Crippen LogP contribution in [0.1, 0.15) is 19.4 Å². The molecule has 1 aromatic carbocycles. The van der Waals surface area contributed by atoms with E-state index >= 15 is 0 Å². The number of Topliss-reactive ketones (excluding diaryl/α,β-unsaturated/α-hetero) is 1. The third kappa shape index (κ3) is 5.50. The van der Waals surface area contributed by atoms with Crippen LogP contribution in [0.5, 0.6) is 0 Å². The van der Waals surface area contributed by atoms with Crippen molar-refractivity contribution in [2.24, 2.45) is 11.8 Å². The topological polar surface area (TPSA) is 173 Å². The molecule has 4 atom stereocenters. The summed E-state index contributed by atoms with van der Waals surface area (Å²) in [5.74, 6) is -3.85. The molecule has 0 radical (unpaired) electrons. The predicted octanol–water partition coefficient (Wildman–Crippen LogP) is 0.538. The minimum atomic E-state index is -1.17. The number of carbonyl (C=O) groups is 3. The molecule has 1 aliphatic rings. The van der Waals surface area contributed by atoms with Gasteiger partial charge in [0.05, 0.1) is 24.0 Å². The lowest BCUT2D eigenvalue weighted by Gasteiger charge is -2.42. The molecule has 2 rings (SSSR count). The van der Waals surface area contributed by atoms with E-state index < -0.39 is 46.3 Å². The van der Waals surface area contributed by atoms with Crippen LogP contribution in [-0.2, 0) is 30.5 Å². The fourth-order valence-electron chi connectivity index (χ4n) is 3.23. The molecular formula is C19H21N5O7S. The fraction of sp³-hybridized carbons (Fsp3) is 0.421. The number of hydrogen-bond donors (Lipinski definition) is 2. The van der Waals surface area contributed by atoms with Gasteiger partial charge in [-0.2, -0.15) is 4.79 Å². The summed E-state index contributed by atoms with van der Waals surface area (Å²) in [6, 6.07) is 4.15. The highest BCUT2D eigenvalue weighted by Crippen LogP contribution is 2.26. The van der Waals surface area contributed by atoms with Crippen LogP contribution < -0.4 is 10.6 Å². The standard InChI is InChI=1S/C19H21N5O7S/c1-9(14-13(17(26)22-14)10(2)21-19(32)30-3)16(25)15(23-20)18(27)31-8-11-4-6-12(7-5-11)24(28)29/h4-7,9-10,13-14H,8H2,1-3H3,(H,21,32)(H,22,26)/t9-,10-,13-,14-/m1/s1. The van der Waals surface area contributed by atoms with Crippen LogP contribution in [0.3, 0.4) is 0 Å². The lowest BCUT2D eigenvalue weighted by atomic mass is 9.75. The van der Waals surface area contributed by atoms with E-state index in [-0.39, 0.29) is 23.4 Å². The maximum atomic E-state index is 12.7. The Kier molecular flexibility index (Phi) is 8.10. The molecule has 12 nitrogen and oxygen atoms in total. The van der Waals surface area contributed by atoms with Crippen molar-refractivity contribution in [2.75, 3.05) is 7.11 Å². The molecule has 1 aliphatic heterocycles. The van der Waals surface area contributed by atoms with Crippen LogP contribution >= 0.6 is 12.2 Å². The number of esters is 1. The van der Waals surface area contributed by atoms with Gasteiger partial charge >= 0.3 is 11.7 Å². The zero-order chi connectivity index (χ0) is 24.0. The summed E-state index contributed by atoms with van der Waals surface area (Å²) < 4.78 is 9.85. The largest absolute Gasteiger partial charge is 0.474 e. The van der Waals surface area contributed by atoms with Gasteiger partial charge in [0.15, 0.2) is 0 Å². The van der Waals surface area contributed by atoms with Crippen molar-refractivity contribution in [3.05, 3.63) is 45.5 Å². The summed E-state index contributed by atoms with van der Waals surface area (Å²) in [5, 5.41) is 16.2. The number of hydrogen-bond acceptors (Lipinski definition) is 8. The first-order valence-electron chi connectivity index (χ1n) is 9.42. The molecule has 0 spiro atoms. The van der Waals surface area contributed by atoms with E-state index in [1.54, 1.807) is 6.92 Å². The number of nitrogens with zero attached hydrogens (tertiary/aromatic N) is 3. The number of carbonyl (C=O) groups excluding carboxylic acids is 3. The molecular weight excluding hydrogens is 442 g/mol. The average Bonchev–Trinajstić information content (AvgIpc) is 2.75. The maximum absolute atomic E-state index is 12.7. The number of β-lactam (4-membered cyclic amide) rings is 1. The van der Waals surface area contributed by atoms with Crippen molar-refractivity contribution in [1.29, 1.82) is 0 Å². The Bertz CT molecular complexity index is 990. The lowest BCUT2D eigenvalue weighted by Crippen LogP contribution is -2.68. The number of non-ortho nitro benzene ring substituents is 1. The Balaban J connectivity index is 2.02. The maximum Gasteiger partial charge on any atom is 0.441 e. The van der Waals surface area contributed by atoms with Crippen LogP contribution in [0.25, 0.3) is 5.53 Å². The predicted molar refractivity (Wildman–Crippen MR) is 113 cm³/mol. The summed E-state index contributed by atoms with van der Waals surface area (Å²) in [4.78, 5) is 49.9. The van der Waals surface area contributed by atoms with Gasteiger partial charge in [-0.15, -0.1) is 0 Å². The van der Waals surface area contributed by atoms with Crippen molar-refractivity contribution in [3.8, 4) is 0 Å². The van der Waals surface area contributed by atoms with Crippen LogP contribution in [0.4, 0.5) is 5.69 Å². The Hall–Kier alpha value is -3.70. The van der Waals surface area contributed by atoms with Gasteiger partial charge in [-0.1, -0.05) is 6.92 Å². The Morgan fingerprint density at radius 3 is 2.47 bits per heavy atom. The highest BCUT2D eigenvalue weighted by Gasteiger charge is 2.50. The van der Waals surface area contributed by atoms with Crippen LogP contribution in [0.2, 0.25) is 0 Å². The summed E-state index contributed by atoms with van der Waals surface area (Å²) in [6.07, 6.45) is 0. The summed E-state index contributed by atoms with van der Waals surface area (Å²) >= 11 is 4.92. The van der Waals surface area contributed by atoms with Crippen molar-refractivity contribution < 1.29 is 33.6 Å². The molecule has 1 fully saturated rings. The van der Waals surface area contributed by atoms with Gasteiger partial charge in [-0.3, -0.25) is 19.7 Å². The minimum absolute atomic E-state index is 0.0855. The Morgan fingerprint density at radius 1 is 1.34 bits per heavy atom. The van der Waals surface area contributed by atoms with E-state index in [2.05, 4.69) is 15.4 Å². The Labute approximate surface area is 188 Å². The first-order valence-corrected chi connectivity index (χ1v) is 9.83. The van der Waals surface area contributed by atoms with Gasteiger partial charge in [-0.05, 0) is 36.8 Å². The molecule has 0 aliphatic carbocycles. The molecule has 0 unspecified atom stereocenters. The molecule has 2 N–H and O–H groups in total. The average molecular weight is 463 g/mol. The Morgan fingerprint density at radius 2 is 1.97 bits per heavy atom. The van der Waals surface area contributed by atoms with Gasteiger partial charge in [0.1, 0.15) is 6.61 Å². The second-order valence-electron chi connectivity index (χ2n) is 7.09. The second-order valence-corrected chi connectivity index (χ2v) is 7.46. The molecule has 0 aromatic heterocycles. The molecule has 1 aromatic rings. The fourth-order valence-corrected chi connectivity index (χ4v) is 3.41. The van der Waals surface area contributed by atoms with Crippen LogP contribution in [0, 0.1) is 22.0 Å². The van der Waals surface area contributed by atoms with Crippen molar-refractivity contribution in [2.45, 2.75) is 32.5 Å². The summed E-state index contributed by atoms with van der Waals surface area (Å²) in [7, 11) is 1.37. The van der Waals surface area contributed by atoms with Gasteiger partial charge < -0.3 is 25.6 Å². The lowest BCUT2D eigenvalue weighted by molar-refractivity contribution is -0.384. The molecule has 1 saturated heterocycles. The number of nitro benzene ring substituents is 1. The van der Waals surface area contributed by atoms with Gasteiger partial charge in [0, 0.05) is 24.1 Å². The molecule has 13 heteroatoms. The number of ketones is 1. The molecule has 0 saturated carbocycles. The van der Waals surface area contributed by atoms with Crippen molar-refractivity contribution in [3.63, 3.8) is 0 Å². The van der Waals surface area contributed by atoms with E-state index in [1.807, 2.05) is 0 Å². The number of methoxy groups -OCH3 is 1. The second kappa shape index (κ2) is 10.6. The first-order chi connectivity index (χ1) is 15.1. The highest BCUT2D eigenvalue weighted by atomic mass is 32.1. The van der Waals surface area contributed by atoms with Crippen molar-refractivity contribution >= 4 is 46.5 Å². The van der Waals surface area contributed by atoms with Gasteiger partial charge in [-0.25, -0.2) is 4.79 Å². The molecule has 170 valence electrons. The van der Waals surface area contributed by atoms with E-state index in [9.17, 15) is 30.0 Å². The number of nitrogens with one attached hydrogen (secondary N) is 2. The normalized spacial score (nSPS) is 18.7. The number of thiocarbonyl (C=S) groups is 1. The number of amides is 1. The van der Waals surface area contributed by atoms with Gasteiger partial charge in [0.25, 0.3) is 16.6 Å². The quantitative estimate of drug-likeness (QED) is 0.0609. The number of benzene rings is 1. The van der Waals surface area contributed by atoms with Crippen LogP contribution in [-0.4, -0.2) is 57.5 Å². The monoisotopic (exact) mass is 463 g/mol. The minimum Gasteiger partial charge on any atom is -0.474 e. The molecule has 1 amide bonds. The van der Waals surface area contributed by atoms with E-state index in [0.29, 0.717) is 5.56 Å². The van der Waals surface area contributed by atoms with Crippen LogP contribution in [0.15, 0.2) is 24.3 Å². The third-order valence-electron chi connectivity index (χ3n) is 5.06. The summed E-state index contributed by atoms with van der Waals surface area (Å²) in [5.41, 5.74) is 8.69. The zero-order valence-corrected chi connectivity index (χ0v) is 18.3. The molecule has 32 heavy (non-hydrogen) atoms. The molecule has 0 bridgehead atoms. The number of nitro groups is 1. The molecule has 1 heterocycles. The third-order valence-corrected chi connectivity index (χ3v) is 5.35. The SMILES string of the molecule is COC(=S)N[C@H](C)[C@H]1C(=O)N[C@@H]1[C@@H](C)C(=O)C(=[N+]=[N-])C(=O)OCc1ccc([N+](=O)[O-])cc1. The zero-order valence-electron chi connectivity index (χ0n) is 17.4. The van der Waals surface area contributed by atoms with Gasteiger partial charge in [0.2, 0.25) is 5.91 Å². The smallest absolute Gasteiger partial charge is 0.441 e. The van der Waals surface area contributed by atoms with E-state index in [0.717, 1.165) is 0 Å². The first kappa shape index (κ1) is 24.6. The van der Waals surface area contributed by atoms with E-state index in [4.69, 9.17) is 21.7 Å². The number of rotatable bonds is 9. The van der Waals surface area contributed by atoms with Crippen molar-refractivity contribution in [1.82, 2.24) is 10.6 Å².